The van der Waals surface area contributed by atoms with Gasteiger partial charge in [-0.3, -0.25) is 4.79 Å². The Balaban J connectivity index is 1.60. The number of nitrogens with zero attached hydrogens (tertiary/aromatic N) is 1. The van der Waals surface area contributed by atoms with E-state index in [2.05, 4.69) is 20.3 Å². The van der Waals surface area contributed by atoms with Crippen molar-refractivity contribution in [2.24, 2.45) is 5.92 Å². The first-order valence-electron chi connectivity index (χ1n) is 8.32. The Morgan fingerprint density at radius 3 is 2.83 bits per heavy atom. The molecule has 0 bridgehead atoms. The first-order valence-corrected chi connectivity index (χ1v) is 8.32. The molecular formula is C15H26F3N3O2. The van der Waals surface area contributed by atoms with Gasteiger partial charge in [0.2, 0.25) is 5.91 Å². The van der Waals surface area contributed by atoms with E-state index in [1.165, 1.54) is 0 Å². The van der Waals surface area contributed by atoms with Crippen LogP contribution in [-0.4, -0.2) is 69.0 Å². The zero-order chi connectivity index (χ0) is 16.7. The second-order valence-electron chi connectivity index (χ2n) is 6.37. The first-order chi connectivity index (χ1) is 10.9. The summed E-state index contributed by atoms with van der Waals surface area (Å²) in [6, 6.07) is -0.0644. The van der Waals surface area contributed by atoms with Crippen molar-refractivity contribution < 1.29 is 22.7 Å². The number of ether oxygens (including phenoxy) is 1. The molecule has 2 aliphatic rings. The summed E-state index contributed by atoms with van der Waals surface area (Å²) < 4.78 is 40.7. The van der Waals surface area contributed by atoms with Gasteiger partial charge in [0.25, 0.3) is 0 Å². The van der Waals surface area contributed by atoms with E-state index in [4.69, 9.17) is 0 Å². The smallest absolute Gasteiger partial charge is 0.371 e. The Labute approximate surface area is 134 Å². The highest BCUT2D eigenvalue weighted by atomic mass is 19.4. The maximum absolute atomic E-state index is 12.0. The third-order valence-electron chi connectivity index (χ3n) is 4.36. The van der Waals surface area contributed by atoms with Gasteiger partial charge in [0.1, 0.15) is 6.61 Å². The number of alkyl halides is 3. The van der Waals surface area contributed by atoms with Crippen molar-refractivity contribution >= 4 is 5.91 Å². The van der Waals surface area contributed by atoms with Gasteiger partial charge >= 0.3 is 6.18 Å². The van der Waals surface area contributed by atoms with E-state index < -0.39 is 12.8 Å². The van der Waals surface area contributed by atoms with Crippen LogP contribution in [0.3, 0.4) is 0 Å². The number of hydrogen-bond acceptors (Lipinski definition) is 4. The highest BCUT2D eigenvalue weighted by molar-refractivity contribution is 5.81. The predicted molar refractivity (Wildman–Crippen MR) is 80.1 cm³/mol. The second kappa shape index (κ2) is 8.84. The Bertz CT molecular complexity index is 373. The summed E-state index contributed by atoms with van der Waals surface area (Å²) in [4.78, 5) is 14.1. The fourth-order valence-electron chi connectivity index (χ4n) is 3.18. The van der Waals surface area contributed by atoms with Crippen LogP contribution in [0.4, 0.5) is 13.2 Å². The molecule has 2 aliphatic heterocycles. The molecule has 2 heterocycles. The van der Waals surface area contributed by atoms with E-state index in [-0.39, 0.29) is 18.6 Å². The maximum atomic E-state index is 12.0. The van der Waals surface area contributed by atoms with Gasteiger partial charge in [-0.05, 0) is 44.7 Å². The summed E-state index contributed by atoms with van der Waals surface area (Å²) in [5, 5.41) is 6.16. The molecule has 2 atom stereocenters. The van der Waals surface area contributed by atoms with E-state index in [0.29, 0.717) is 19.0 Å². The monoisotopic (exact) mass is 337 g/mol. The van der Waals surface area contributed by atoms with E-state index in [1.807, 2.05) is 0 Å². The van der Waals surface area contributed by atoms with Gasteiger partial charge in [0, 0.05) is 19.6 Å². The largest absolute Gasteiger partial charge is 0.411 e. The van der Waals surface area contributed by atoms with Gasteiger partial charge in [-0.25, -0.2) is 0 Å². The second-order valence-corrected chi connectivity index (χ2v) is 6.37. The van der Waals surface area contributed by atoms with Crippen LogP contribution in [0, 0.1) is 5.92 Å². The number of nitrogens with one attached hydrogen (secondary N) is 2. The minimum absolute atomic E-state index is 0.0631. The van der Waals surface area contributed by atoms with E-state index in [1.54, 1.807) is 0 Å². The van der Waals surface area contributed by atoms with Gasteiger partial charge in [-0.2, -0.15) is 13.2 Å². The molecule has 0 saturated carbocycles. The van der Waals surface area contributed by atoms with E-state index >= 15 is 0 Å². The summed E-state index contributed by atoms with van der Waals surface area (Å²) >= 11 is 0. The minimum Gasteiger partial charge on any atom is -0.371 e. The summed E-state index contributed by atoms with van der Waals surface area (Å²) in [6.45, 7) is 2.62. The summed E-state index contributed by atoms with van der Waals surface area (Å²) in [5.74, 6) is 0.421. The fourth-order valence-corrected chi connectivity index (χ4v) is 3.18. The number of likely N-dealkylation sites (tertiary alicyclic amines) is 1. The van der Waals surface area contributed by atoms with E-state index in [0.717, 1.165) is 45.3 Å². The van der Waals surface area contributed by atoms with Gasteiger partial charge in [0.05, 0.1) is 12.6 Å². The lowest BCUT2D eigenvalue weighted by Gasteiger charge is -2.32. The van der Waals surface area contributed by atoms with Crippen molar-refractivity contribution in [2.75, 3.05) is 45.9 Å². The molecule has 0 aromatic heterocycles. The molecule has 0 aromatic carbocycles. The van der Waals surface area contributed by atoms with E-state index in [9.17, 15) is 18.0 Å². The average molecular weight is 337 g/mol. The third kappa shape index (κ3) is 7.05. The van der Waals surface area contributed by atoms with Crippen molar-refractivity contribution in [3.8, 4) is 0 Å². The van der Waals surface area contributed by atoms with Crippen molar-refractivity contribution in [3.63, 3.8) is 0 Å². The molecule has 2 unspecified atom stereocenters. The van der Waals surface area contributed by atoms with Crippen LogP contribution < -0.4 is 10.6 Å². The topological polar surface area (TPSA) is 53.6 Å². The Morgan fingerprint density at radius 2 is 2.13 bits per heavy atom. The van der Waals surface area contributed by atoms with Crippen LogP contribution in [0.25, 0.3) is 0 Å². The molecule has 0 aromatic rings. The van der Waals surface area contributed by atoms with Gasteiger partial charge in [0.15, 0.2) is 0 Å². The summed E-state index contributed by atoms with van der Waals surface area (Å²) in [7, 11) is 0. The molecule has 23 heavy (non-hydrogen) atoms. The highest BCUT2D eigenvalue weighted by Gasteiger charge is 2.28. The lowest BCUT2D eigenvalue weighted by Crippen LogP contribution is -2.46. The number of carbonyl (C=O) groups excluding carboxylic acids is 1. The average Bonchev–Trinajstić information content (AvgIpc) is 3.03. The first kappa shape index (κ1) is 18.5. The molecule has 1 amide bonds. The normalized spacial score (nSPS) is 26.4. The van der Waals surface area contributed by atoms with Gasteiger partial charge < -0.3 is 20.3 Å². The molecule has 0 spiro atoms. The predicted octanol–water partition coefficient (Wildman–Crippen LogP) is 1.15. The zero-order valence-corrected chi connectivity index (χ0v) is 13.3. The number of piperidine rings is 1. The quantitative estimate of drug-likeness (QED) is 0.684. The number of carbonyl (C=O) groups is 1. The van der Waals surface area contributed by atoms with Crippen molar-refractivity contribution in [3.05, 3.63) is 0 Å². The Hall–Kier alpha value is -0.860. The van der Waals surface area contributed by atoms with Crippen LogP contribution >= 0.6 is 0 Å². The fraction of sp³-hybridized carbons (Fsp3) is 0.933. The molecule has 2 saturated heterocycles. The maximum Gasteiger partial charge on any atom is 0.411 e. The molecule has 5 nitrogen and oxygen atoms in total. The minimum atomic E-state index is -4.26. The number of halogens is 3. The van der Waals surface area contributed by atoms with Crippen LogP contribution in [0.2, 0.25) is 0 Å². The van der Waals surface area contributed by atoms with Crippen molar-refractivity contribution in [1.29, 1.82) is 0 Å². The lowest BCUT2D eigenvalue weighted by molar-refractivity contribution is -0.174. The van der Waals surface area contributed by atoms with Gasteiger partial charge in [-0.1, -0.05) is 0 Å². The molecule has 2 N–H and O–H groups in total. The SMILES string of the molecule is O=C(NCC1CCCN(CCOCC(F)(F)F)C1)C1CCCN1. The molecule has 2 fully saturated rings. The number of hydrogen-bond donors (Lipinski definition) is 2. The van der Waals surface area contributed by atoms with Crippen LogP contribution in [0.1, 0.15) is 25.7 Å². The highest BCUT2D eigenvalue weighted by Crippen LogP contribution is 2.17. The summed E-state index contributed by atoms with van der Waals surface area (Å²) in [6.07, 6.45) is -0.296. The van der Waals surface area contributed by atoms with Crippen molar-refractivity contribution in [2.45, 2.75) is 37.9 Å². The molecule has 8 heteroatoms. The zero-order valence-electron chi connectivity index (χ0n) is 13.3. The molecule has 134 valence electrons. The number of rotatable bonds is 7. The molecule has 2 rings (SSSR count). The Kier molecular flexibility index (Phi) is 7.10. The lowest BCUT2D eigenvalue weighted by atomic mass is 9.98. The standard InChI is InChI=1S/C15H26F3N3O2/c16-15(17,18)11-23-8-7-21-6-2-3-12(10-21)9-20-14(22)13-4-1-5-19-13/h12-13,19H,1-11H2,(H,20,22). The third-order valence-corrected chi connectivity index (χ3v) is 4.36. The Morgan fingerprint density at radius 1 is 1.30 bits per heavy atom. The van der Waals surface area contributed by atoms with Crippen LogP contribution in [0.15, 0.2) is 0 Å². The van der Waals surface area contributed by atoms with Gasteiger partial charge in [-0.15, -0.1) is 0 Å². The molecule has 0 aliphatic carbocycles. The van der Waals surface area contributed by atoms with Crippen LogP contribution in [-0.2, 0) is 9.53 Å². The number of amides is 1. The molecular weight excluding hydrogens is 311 g/mol. The molecule has 0 radical (unpaired) electrons. The van der Waals surface area contributed by atoms with Crippen LogP contribution in [0.5, 0.6) is 0 Å². The summed E-state index contributed by atoms with van der Waals surface area (Å²) in [5.41, 5.74) is 0. The van der Waals surface area contributed by atoms with Crippen molar-refractivity contribution in [1.82, 2.24) is 15.5 Å².